The molecule has 1 aromatic carbocycles. The van der Waals surface area contributed by atoms with Crippen LogP contribution in [0.1, 0.15) is 18.9 Å². The molecular formula is C18H26ClF3N4O2. The first-order valence-corrected chi connectivity index (χ1v) is 8.87. The fraction of sp³-hybridized carbons (Fsp3) is 0.556. The summed E-state index contributed by atoms with van der Waals surface area (Å²) in [7, 11) is 1.85. The molecule has 28 heavy (non-hydrogen) atoms. The Morgan fingerprint density at radius 2 is 1.96 bits per heavy atom. The standard InChI is InChI=1S/C18H25F3N4O2.ClH/c1-3-24(2)10-16-18(27)23-4-5-25(16)17(26)8-12(22)6-11-7-14(20)15(21)9-13(11)19;/h7,9,12,16H,3-6,8,10,22H2,1-2H3,(H,23,27);1H/t12-,16-;/m1./s1. The average molecular weight is 423 g/mol. The maximum Gasteiger partial charge on any atom is 0.244 e. The van der Waals surface area contributed by atoms with Crippen molar-refractivity contribution < 1.29 is 22.8 Å². The van der Waals surface area contributed by atoms with Crippen LogP contribution in [0.3, 0.4) is 0 Å². The van der Waals surface area contributed by atoms with Gasteiger partial charge in [-0.05, 0) is 31.6 Å². The number of rotatable bonds is 7. The molecule has 158 valence electrons. The van der Waals surface area contributed by atoms with E-state index in [1.54, 1.807) is 0 Å². The van der Waals surface area contributed by atoms with Gasteiger partial charge < -0.3 is 20.9 Å². The maximum atomic E-state index is 13.8. The van der Waals surface area contributed by atoms with Gasteiger partial charge in [0.2, 0.25) is 11.8 Å². The average Bonchev–Trinajstić information content (AvgIpc) is 2.61. The predicted octanol–water partition coefficient (Wildman–Crippen LogP) is 1.06. The quantitative estimate of drug-likeness (QED) is 0.644. The van der Waals surface area contributed by atoms with E-state index in [0.717, 1.165) is 12.6 Å². The van der Waals surface area contributed by atoms with Gasteiger partial charge in [0.05, 0.1) is 0 Å². The van der Waals surface area contributed by atoms with E-state index in [2.05, 4.69) is 5.32 Å². The molecule has 0 unspecified atom stereocenters. The van der Waals surface area contributed by atoms with Crippen molar-refractivity contribution in [1.29, 1.82) is 0 Å². The van der Waals surface area contributed by atoms with Crippen LogP contribution in [0.2, 0.25) is 0 Å². The van der Waals surface area contributed by atoms with E-state index in [4.69, 9.17) is 5.73 Å². The Balaban J connectivity index is 0.00000392. The van der Waals surface area contributed by atoms with E-state index in [9.17, 15) is 22.8 Å². The lowest BCUT2D eigenvalue weighted by Crippen LogP contribution is -2.61. The van der Waals surface area contributed by atoms with Crippen molar-refractivity contribution in [2.24, 2.45) is 5.73 Å². The van der Waals surface area contributed by atoms with Crippen molar-refractivity contribution in [2.75, 3.05) is 33.2 Å². The summed E-state index contributed by atoms with van der Waals surface area (Å²) in [6.07, 6.45) is -0.244. The molecular weight excluding hydrogens is 397 g/mol. The van der Waals surface area contributed by atoms with Gasteiger partial charge in [0, 0.05) is 38.2 Å². The minimum Gasteiger partial charge on any atom is -0.352 e. The van der Waals surface area contributed by atoms with E-state index in [1.807, 2.05) is 18.9 Å². The zero-order valence-corrected chi connectivity index (χ0v) is 16.7. The molecule has 3 N–H and O–H groups in total. The molecule has 1 aliphatic rings. The van der Waals surface area contributed by atoms with Gasteiger partial charge in [-0.1, -0.05) is 6.92 Å². The lowest BCUT2D eigenvalue weighted by molar-refractivity contribution is -0.144. The lowest BCUT2D eigenvalue weighted by Gasteiger charge is -2.37. The van der Waals surface area contributed by atoms with Gasteiger partial charge in [-0.3, -0.25) is 9.59 Å². The van der Waals surface area contributed by atoms with E-state index in [0.29, 0.717) is 25.7 Å². The Kier molecular flexibility index (Phi) is 9.19. The highest BCUT2D eigenvalue weighted by Gasteiger charge is 2.34. The molecule has 0 saturated carbocycles. The largest absolute Gasteiger partial charge is 0.352 e. The number of hydrogen-bond donors (Lipinski definition) is 2. The van der Waals surface area contributed by atoms with Gasteiger partial charge in [0.25, 0.3) is 0 Å². The fourth-order valence-corrected chi connectivity index (χ4v) is 3.04. The first kappa shape index (κ1) is 24.2. The summed E-state index contributed by atoms with van der Waals surface area (Å²) in [5.74, 6) is -3.90. The van der Waals surface area contributed by atoms with E-state index >= 15 is 0 Å². The third-order valence-electron chi connectivity index (χ3n) is 4.68. The van der Waals surface area contributed by atoms with E-state index < -0.39 is 29.5 Å². The number of carbonyl (C=O) groups is 2. The molecule has 2 rings (SSSR count). The molecule has 1 fully saturated rings. The van der Waals surface area contributed by atoms with Crippen molar-refractivity contribution in [2.45, 2.75) is 31.8 Å². The normalized spacial score (nSPS) is 17.9. The second kappa shape index (κ2) is 10.6. The van der Waals surface area contributed by atoms with Crippen LogP contribution in [0.5, 0.6) is 0 Å². The van der Waals surface area contributed by atoms with Gasteiger partial charge in [0.1, 0.15) is 11.9 Å². The minimum atomic E-state index is -1.27. The van der Waals surface area contributed by atoms with Crippen LogP contribution in [-0.2, 0) is 16.0 Å². The maximum absolute atomic E-state index is 13.8. The van der Waals surface area contributed by atoms with Crippen LogP contribution in [-0.4, -0.2) is 66.9 Å². The second-order valence-electron chi connectivity index (χ2n) is 6.77. The summed E-state index contributed by atoms with van der Waals surface area (Å²) < 4.78 is 40.1. The van der Waals surface area contributed by atoms with Crippen molar-refractivity contribution in [3.05, 3.63) is 35.1 Å². The molecule has 1 aromatic rings. The number of benzene rings is 1. The molecule has 0 radical (unpaired) electrons. The highest BCUT2D eigenvalue weighted by molar-refractivity contribution is 5.89. The van der Waals surface area contributed by atoms with Crippen molar-refractivity contribution >= 4 is 24.2 Å². The van der Waals surface area contributed by atoms with Gasteiger partial charge in [-0.25, -0.2) is 13.2 Å². The third kappa shape index (κ3) is 6.08. The number of piperazine rings is 1. The molecule has 2 amide bonds. The number of nitrogens with one attached hydrogen (secondary N) is 1. The number of halogens is 4. The van der Waals surface area contributed by atoms with Gasteiger partial charge in [0.15, 0.2) is 11.6 Å². The number of likely N-dealkylation sites (N-methyl/N-ethyl adjacent to an activating group) is 1. The smallest absolute Gasteiger partial charge is 0.244 e. The third-order valence-corrected chi connectivity index (χ3v) is 4.68. The summed E-state index contributed by atoms with van der Waals surface area (Å²) >= 11 is 0. The van der Waals surface area contributed by atoms with E-state index in [1.165, 1.54) is 4.90 Å². The summed E-state index contributed by atoms with van der Waals surface area (Å²) in [5, 5.41) is 2.74. The molecule has 6 nitrogen and oxygen atoms in total. The Labute approximate surface area is 168 Å². The number of hydrogen-bond acceptors (Lipinski definition) is 4. The highest BCUT2D eigenvalue weighted by Crippen LogP contribution is 2.17. The molecule has 1 heterocycles. The Bertz CT molecular complexity index is 708. The SMILES string of the molecule is CCN(C)C[C@@H]1C(=O)NCCN1C(=O)C[C@H](N)Cc1cc(F)c(F)cc1F.Cl. The number of amides is 2. The Hall–Kier alpha value is -1.84. The summed E-state index contributed by atoms with van der Waals surface area (Å²) in [6, 6.07) is -0.192. The van der Waals surface area contributed by atoms with E-state index in [-0.39, 0.29) is 42.6 Å². The van der Waals surface area contributed by atoms with Crippen molar-refractivity contribution in [1.82, 2.24) is 15.1 Å². The lowest BCUT2D eigenvalue weighted by atomic mass is 10.0. The predicted molar refractivity (Wildman–Crippen MR) is 102 cm³/mol. The molecule has 1 aliphatic heterocycles. The molecule has 0 aromatic heterocycles. The number of nitrogens with zero attached hydrogens (tertiary/aromatic N) is 2. The van der Waals surface area contributed by atoms with Crippen LogP contribution in [0.15, 0.2) is 12.1 Å². The molecule has 2 atom stereocenters. The summed E-state index contributed by atoms with van der Waals surface area (Å²) in [5.41, 5.74) is 5.85. The molecule has 0 spiro atoms. The minimum absolute atomic E-state index is 0. The van der Waals surface area contributed by atoms with Crippen LogP contribution in [0.4, 0.5) is 13.2 Å². The molecule has 10 heteroatoms. The first-order valence-electron chi connectivity index (χ1n) is 8.87. The van der Waals surface area contributed by atoms with Gasteiger partial charge in [-0.15, -0.1) is 12.4 Å². The molecule has 0 aliphatic carbocycles. The van der Waals surface area contributed by atoms with Gasteiger partial charge in [-0.2, -0.15) is 0 Å². The molecule has 0 bridgehead atoms. The summed E-state index contributed by atoms with van der Waals surface area (Å²) in [6.45, 7) is 3.77. The van der Waals surface area contributed by atoms with Crippen LogP contribution in [0, 0.1) is 17.5 Å². The topological polar surface area (TPSA) is 78.7 Å². The fourth-order valence-electron chi connectivity index (χ4n) is 3.04. The second-order valence-corrected chi connectivity index (χ2v) is 6.77. The van der Waals surface area contributed by atoms with Crippen LogP contribution < -0.4 is 11.1 Å². The number of carbonyl (C=O) groups excluding carboxylic acids is 2. The van der Waals surface area contributed by atoms with Crippen molar-refractivity contribution in [3.8, 4) is 0 Å². The monoisotopic (exact) mass is 422 g/mol. The van der Waals surface area contributed by atoms with Gasteiger partial charge >= 0.3 is 0 Å². The molecule has 1 saturated heterocycles. The Morgan fingerprint density at radius 3 is 2.61 bits per heavy atom. The number of nitrogens with two attached hydrogens (primary N) is 1. The highest BCUT2D eigenvalue weighted by atomic mass is 35.5. The zero-order valence-electron chi connectivity index (χ0n) is 15.9. The van der Waals surface area contributed by atoms with Crippen LogP contribution >= 0.6 is 12.4 Å². The van der Waals surface area contributed by atoms with Crippen LogP contribution in [0.25, 0.3) is 0 Å². The summed E-state index contributed by atoms with van der Waals surface area (Å²) in [4.78, 5) is 28.2. The van der Waals surface area contributed by atoms with Crippen molar-refractivity contribution in [3.63, 3.8) is 0 Å². The first-order chi connectivity index (χ1) is 12.7. The Morgan fingerprint density at radius 1 is 1.32 bits per heavy atom. The zero-order chi connectivity index (χ0) is 20.1.